The molecule has 47 heavy (non-hydrogen) atoms. The van der Waals surface area contributed by atoms with Crippen LogP contribution in [0.1, 0.15) is 138 Å². The molecule has 1 amide bonds. The summed E-state index contributed by atoms with van der Waals surface area (Å²) in [5.74, 6) is -0.895. The molecule has 1 N–H and O–H groups in total. The van der Waals surface area contributed by atoms with E-state index in [0.29, 0.717) is 24.7 Å². The van der Waals surface area contributed by atoms with Crippen molar-refractivity contribution in [3.8, 4) is 0 Å². The summed E-state index contributed by atoms with van der Waals surface area (Å²) in [6, 6.07) is 11.4. The van der Waals surface area contributed by atoms with Crippen LogP contribution in [0, 0.1) is 12.8 Å². The Morgan fingerprint density at radius 2 is 1.60 bits per heavy atom. The number of unbranched alkanes of at least 4 members (excludes halogenated alkanes) is 7. The van der Waals surface area contributed by atoms with Gasteiger partial charge in [-0.3, -0.25) is 9.69 Å². The molecule has 3 atom stereocenters. The molecule has 9 nitrogen and oxygen atoms in total. The molecule has 258 valence electrons. The van der Waals surface area contributed by atoms with Crippen LogP contribution in [0.3, 0.4) is 0 Å². The molecule has 11 heteroatoms. The molecule has 3 unspecified atom stereocenters. The average molecular weight is 653 g/mol. The minimum absolute atomic E-state index is 0.0782. The van der Waals surface area contributed by atoms with Crippen molar-refractivity contribution in [2.24, 2.45) is 11.0 Å². The second-order valence-corrected chi connectivity index (χ2v) is 14.2. The van der Waals surface area contributed by atoms with Gasteiger partial charge in [0.15, 0.2) is 0 Å². The molecule has 1 aromatic carbocycles. The normalized spacial score (nSPS) is 23.3. The fourth-order valence-corrected chi connectivity index (χ4v) is 8.33. The average Bonchev–Trinajstić information content (AvgIpc) is 3.55. The third kappa shape index (κ3) is 9.99. The molecule has 0 radical (unpaired) electrons. The summed E-state index contributed by atoms with van der Waals surface area (Å²) in [5, 5.41) is 16.0. The van der Waals surface area contributed by atoms with Crippen molar-refractivity contribution in [3.63, 3.8) is 0 Å². The zero-order chi connectivity index (χ0) is 33.1. The van der Waals surface area contributed by atoms with E-state index in [-0.39, 0.29) is 43.6 Å². The van der Waals surface area contributed by atoms with Crippen LogP contribution < -0.4 is 5.32 Å². The highest BCUT2D eigenvalue weighted by Gasteiger charge is 2.42. The van der Waals surface area contributed by atoms with E-state index in [1.54, 1.807) is 0 Å². The largest absolute Gasteiger partial charge is 0.349 e. The molecule has 5 rings (SSSR count). The van der Waals surface area contributed by atoms with Gasteiger partial charge in [-0.05, 0) is 75.8 Å². The maximum atomic E-state index is 13.7. The number of benzene rings is 1. The number of fused-ring (bicyclic) bond motifs is 2. The number of aryl methyl sites for hydroxylation is 2. The van der Waals surface area contributed by atoms with Crippen LogP contribution in [0.5, 0.6) is 0 Å². The summed E-state index contributed by atoms with van der Waals surface area (Å²) in [7, 11) is 0. The predicted molar refractivity (Wildman–Crippen MR) is 180 cm³/mol. The van der Waals surface area contributed by atoms with Gasteiger partial charge >= 0.3 is 0 Å². The quantitative estimate of drug-likeness (QED) is 0.0751. The summed E-state index contributed by atoms with van der Waals surface area (Å²) in [6.07, 6.45) is 15.9. The van der Waals surface area contributed by atoms with E-state index in [4.69, 9.17) is 5.53 Å². The molecule has 3 heterocycles. The molecule has 3 aliphatic rings. The summed E-state index contributed by atoms with van der Waals surface area (Å²) in [5.41, 5.74) is 9.44. The van der Waals surface area contributed by atoms with E-state index >= 15 is 0 Å². The summed E-state index contributed by atoms with van der Waals surface area (Å²) < 4.78 is 29.9. The molecule has 2 aliphatic heterocycles. The number of carbonyl (C=O) groups is 1. The van der Waals surface area contributed by atoms with Gasteiger partial charge in [0.1, 0.15) is 11.6 Å². The maximum absolute atomic E-state index is 13.7. The predicted octanol–water partition coefficient (Wildman–Crippen LogP) is 8.80. The van der Waals surface area contributed by atoms with Crippen molar-refractivity contribution in [3.05, 3.63) is 58.0 Å². The number of aromatic nitrogens is 3. The van der Waals surface area contributed by atoms with Gasteiger partial charge in [0.25, 0.3) is 0 Å². The molecular weight excluding hydrogens is 598 g/mol. The topological polar surface area (TPSA) is 112 Å². The summed E-state index contributed by atoms with van der Waals surface area (Å²) >= 11 is 0. The Morgan fingerprint density at radius 1 is 0.957 bits per heavy atom. The van der Waals surface area contributed by atoms with Gasteiger partial charge < -0.3 is 9.88 Å². The standard InChI is InChI=1S/C36H54F2N8O/c1-27-42-43-34(15-11-6-4-2-3-5-7-12-23-40-44-39)46(27)32-25-30-16-17-31(26-32)45(30)24-20-33(28-13-9-8-10-14-28)41-35(47)29-18-21-36(37,38)22-19-29/h8-10,13-14,29-33H,2-7,11-12,15-26H2,1H3,(H,41,47). The number of hydrogen-bond donors (Lipinski definition) is 1. The molecule has 2 saturated heterocycles. The van der Waals surface area contributed by atoms with Crippen LogP contribution in [0.4, 0.5) is 8.78 Å². The van der Waals surface area contributed by atoms with Gasteiger partial charge in [-0.2, -0.15) is 0 Å². The summed E-state index contributed by atoms with van der Waals surface area (Å²) in [4.78, 5) is 18.7. The number of rotatable bonds is 18. The van der Waals surface area contributed by atoms with E-state index in [0.717, 1.165) is 68.7 Å². The zero-order valence-electron chi connectivity index (χ0n) is 28.2. The van der Waals surface area contributed by atoms with Crippen molar-refractivity contribution in [2.45, 2.75) is 153 Å². The lowest BCUT2D eigenvalue weighted by molar-refractivity contribution is -0.130. The van der Waals surface area contributed by atoms with Gasteiger partial charge in [0.2, 0.25) is 11.8 Å². The first-order chi connectivity index (χ1) is 22.8. The van der Waals surface area contributed by atoms with Gasteiger partial charge in [-0.15, -0.1) is 10.2 Å². The zero-order valence-corrected chi connectivity index (χ0v) is 28.2. The highest BCUT2D eigenvalue weighted by molar-refractivity contribution is 5.79. The number of alkyl halides is 2. The SMILES string of the molecule is Cc1nnc(CCCCCCCCCCN=[N+]=[N-])n1C1CC2CCC(C1)N2CCC(NC(=O)C1CCC(F)(F)CC1)c1ccccc1. The number of nitrogens with zero attached hydrogens (tertiary/aromatic N) is 7. The molecule has 1 aliphatic carbocycles. The Morgan fingerprint density at radius 3 is 2.26 bits per heavy atom. The lowest BCUT2D eigenvalue weighted by atomic mass is 9.86. The Bertz CT molecular complexity index is 1290. The number of piperidine rings is 1. The van der Waals surface area contributed by atoms with Crippen molar-refractivity contribution in [1.29, 1.82) is 0 Å². The van der Waals surface area contributed by atoms with E-state index in [9.17, 15) is 13.6 Å². The Balaban J connectivity index is 1.10. The van der Waals surface area contributed by atoms with Crippen LogP contribution in [0.25, 0.3) is 10.4 Å². The number of halogens is 2. The smallest absolute Gasteiger partial charge is 0.248 e. The minimum Gasteiger partial charge on any atom is -0.349 e. The van der Waals surface area contributed by atoms with Crippen LogP contribution in [0.15, 0.2) is 35.4 Å². The van der Waals surface area contributed by atoms with E-state index in [1.165, 1.54) is 44.9 Å². The van der Waals surface area contributed by atoms with Gasteiger partial charge in [0.05, 0.1) is 6.04 Å². The number of amides is 1. The first-order valence-electron chi connectivity index (χ1n) is 18.2. The first-order valence-corrected chi connectivity index (χ1v) is 18.2. The fourth-order valence-electron chi connectivity index (χ4n) is 8.33. The molecule has 1 aromatic heterocycles. The van der Waals surface area contributed by atoms with E-state index in [2.05, 4.69) is 54.1 Å². The number of azide groups is 1. The van der Waals surface area contributed by atoms with Crippen LogP contribution in [0.2, 0.25) is 0 Å². The Labute approximate surface area is 278 Å². The second-order valence-electron chi connectivity index (χ2n) is 14.2. The number of nitrogens with one attached hydrogen (secondary N) is 1. The van der Waals surface area contributed by atoms with E-state index < -0.39 is 5.92 Å². The Kier molecular flexibility index (Phi) is 13.0. The molecule has 2 aromatic rings. The van der Waals surface area contributed by atoms with E-state index in [1.807, 2.05) is 18.2 Å². The minimum atomic E-state index is -2.63. The molecule has 0 spiro atoms. The van der Waals surface area contributed by atoms with Gasteiger partial charge in [0, 0.05) is 61.3 Å². The van der Waals surface area contributed by atoms with Gasteiger partial charge in [-0.25, -0.2) is 8.78 Å². The highest BCUT2D eigenvalue weighted by atomic mass is 19.3. The molecule has 3 fully saturated rings. The van der Waals surface area contributed by atoms with Crippen LogP contribution >= 0.6 is 0 Å². The summed E-state index contributed by atoms with van der Waals surface area (Å²) in [6.45, 7) is 3.61. The van der Waals surface area contributed by atoms with Crippen molar-refractivity contribution in [2.75, 3.05) is 13.1 Å². The monoisotopic (exact) mass is 652 g/mol. The number of carbonyl (C=O) groups excluding carboxylic acids is 1. The third-order valence-electron chi connectivity index (χ3n) is 10.9. The third-order valence-corrected chi connectivity index (χ3v) is 10.9. The lowest BCUT2D eigenvalue weighted by Crippen LogP contribution is -2.45. The maximum Gasteiger partial charge on any atom is 0.248 e. The highest BCUT2D eigenvalue weighted by Crippen LogP contribution is 2.42. The van der Waals surface area contributed by atoms with Crippen molar-refractivity contribution in [1.82, 2.24) is 25.0 Å². The van der Waals surface area contributed by atoms with Crippen LogP contribution in [-0.4, -0.2) is 56.7 Å². The first kappa shape index (κ1) is 35.3. The fraction of sp³-hybridized carbons (Fsp3) is 0.750. The number of hydrogen-bond acceptors (Lipinski definition) is 5. The molecule has 1 saturated carbocycles. The van der Waals surface area contributed by atoms with Crippen LogP contribution in [-0.2, 0) is 11.2 Å². The second kappa shape index (κ2) is 17.4. The lowest BCUT2D eigenvalue weighted by Gasteiger charge is -2.40. The molecular formula is C36H54F2N8O. The molecule has 2 bridgehead atoms. The Hall–Kier alpha value is -3.04. The van der Waals surface area contributed by atoms with Gasteiger partial charge in [-0.1, -0.05) is 74.0 Å². The van der Waals surface area contributed by atoms with Crippen molar-refractivity contribution < 1.29 is 13.6 Å². The van der Waals surface area contributed by atoms with Crippen molar-refractivity contribution >= 4 is 5.91 Å².